The third-order valence-corrected chi connectivity index (χ3v) is 4.87. The second-order valence-corrected chi connectivity index (χ2v) is 6.78. The van der Waals surface area contributed by atoms with E-state index in [1.165, 1.54) is 50.7 Å². The Bertz CT molecular complexity index is 506. The summed E-state index contributed by atoms with van der Waals surface area (Å²) in [5.41, 5.74) is -1.83. The second kappa shape index (κ2) is 17.1. The Morgan fingerprint density at radius 1 is 0.741 bits per heavy atom. The summed E-state index contributed by atoms with van der Waals surface area (Å²) >= 11 is 0. The molecule has 0 aliphatic carbocycles. The van der Waals surface area contributed by atoms with Crippen LogP contribution in [0, 0.1) is 0 Å². The molecule has 1 aromatic carbocycles. The molecule has 4 nitrogen and oxygen atoms in total. The molecule has 0 aliphatic rings. The van der Waals surface area contributed by atoms with E-state index < -0.39 is 17.4 Å². The van der Waals surface area contributed by atoms with Gasteiger partial charge >= 0.3 is 59.1 Å². The number of rotatable bonds is 14. The second-order valence-electron chi connectivity index (χ2n) is 6.78. The van der Waals surface area contributed by atoms with Crippen LogP contribution < -0.4 is 69.3 Å². The van der Waals surface area contributed by atoms with Crippen molar-refractivity contribution >= 4 is 11.9 Å². The van der Waals surface area contributed by atoms with E-state index in [0.29, 0.717) is 6.42 Å². The molecule has 0 N–H and O–H groups in total. The molecular weight excluding hydrogens is 362 g/mol. The molecule has 1 aromatic rings. The molecule has 0 fully saturated rings. The van der Waals surface area contributed by atoms with Crippen molar-refractivity contribution in [3.63, 3.8) is 0 Å². The van der Waals surface area contributed by atoms with Crippen LogP contribution in [-0.2, 0) is 15.0 Å². The van der Waals surface area contributed by atoms with Gasteiger partial charge in [-0.2, -0.15) is 0 Å². The van der Waals surface area contributed by atoms with Crippen LogP contribution in [-0.4, -0.2) is 11.9 Å². The standard InChI is InChI=1S/C21H32O4.2Na/c1-2-3-4-5-6-7-8-9-10-14-17-21(19(22)23,20(24)25)18-15-12-11-13-16-18;;/h11-13,15-16H,2-10,14,17H2,1H3,(H,22,23)(H,24,25);;/q;2*+1/p-2. The van der Waals surface area contributed by atoms with Crippen LogP contribution in [0.4, 0.5) is 0 Å². The Morgan fingerprint density at radius 3 is 1.56 bits per heavy atom. The molecule has 0 radical (unpaired) electrons. The Kier molecular flexibility index (Phi) is 18.5. The molecule has 0 aromatic heterocycles. The Balaban J connectivity index is 0. The van der Waals surface area contributed by atoms with E-state index in [4.69, 9.17) is 0 Å². The molecule has 0 saturated heterocycles. The topological polar surface area (TPSA) is 80.3 Å². The van der Waals surface area contributed by atoms with E-state index in [2.05, 4.69) is 6.92 Å². The molecule has 0 bridgehead atoms. The number of carbonyl (C=O) groups excluding carboxylic acids is 2. The Morgan fingerprint density at radius 2 is 1.15 bits per heavy atom. The summed E-state index contributed by atoms with van der Waals surface area (Å²) in [5, 5.41) is 23.2. The van der Waals surface area contributed by atoms with Crippen LogP contribution in [0.5, 0.6) is 0 Å². The van der Waals surface area contributed by atoms with Crippen LogP contribution in [0.1, 0.15) is 83.1 Å². The van der Waals surface area contributed by atoms with Crippen molar-refractivity contribution in [2.75, 3.05) is 0 Å². The van der Waals surface area contributed by atoms with E-state index >= 15 is 0 Å². The van der Waals surface area contributed by atoms with Crippen molar-refractivity contribution in [3.8, 4) is 0 Å². The van der Waals surface area contributed by atoms with Crippen molar-refractivity contribution in [2.45, 2.75) is 83.0 Å². The first-order chi connectivity index (χ1) is 12.1. The fourth-order valence-electron chi connectivity index (χ4n) is 3.27. The number of carboxylic acid groups (broad SMARTS) is 2. The van der Waals surface area contributed by atoms with Crippen LogP contribution in [0.25, 0.3) is 0 Å². The zero-order valence-electron chi connectivity index (χ0n) is 17.3. The third-order valence-electron chi connectivity index (χ3n) is 4.87. The summed E-state index contributed by atoms with van der Waals surface area (Å²) < 4.78 is 0. The average Bonchev–Trinajstić information content (AvgIpc) is 2.60. The number of hydrogen-bond acceptors (Lipinski definition) is 4. The van der Waals surface area contributed by atoms with Gasteiger partial charge in [-0.1, -0.05) is 101 Å². The van der Waals surface area contributed by atoms with Gasteiger partial charge in [0.05, 0.1) is 17.4 Å². The number of benzene rings is 1. The molecule has 0 aliphatic heterocycles. The van der Waals surface area contributed by atoms with E-state index in [1.807, 2.05) is 0 Å². The van der Waals surface area contributed by atoms with Gasteiger partial charge in [-0.15, -0.1) is 0 Å². The molecule has 0 unspecified atom stereocenters. The molecule has 0 saturated carbocycles. The van der Waals surface area contributed by atoms with Crippen LogP contribution in [0.2, 0.25) is 0 Å². The zero-order chi connectivity index (χ0) is 18.5. The molecule has 27 heavy (non-hydrogen) atoms. The third kappa shape index (κ3) is 9.96. The van der Waals surface area contributed by atoms with E-state index in [1.54, 1.807) is 18.2 Å². The van der Waals surface area contributed by atoms with Crippen LogP contribution in [0.3, 0.4) is 0 Å². The van der Waals surface area contributed by atoms with Gasteiger partial charge < -0.3 is 19.8 Å². The van der Waals surface area contributed by atoms with Crippen molar-refractivity contribution in [3.05, 3.63) is 35.9 Å². The Hall–Kier alpha value is 0.160. The Labute approximate surface area is 208 Å². The van der Waals surface area contributed by atoms with Gasteiger partial charge in [0.25, 0.3) is 0 Å². The van der Waals surface area contributed by atoms with E-state index in [0.717, 1.165) is 19.3 Å². The molecular formula is C21H30Na2O4. The van der Waals surface area contributed by atoms with Gasteiger partial charge in [-0.25, -0.2) is 0 Å². The molecule has 140 valence electrons. The summed E-state index contributed by atoms with van der Waals surface area (Å²) in [6, 6.07) is 8.02. The van der Waals surface area contributed by atoms with E-state index in [9.17, 15) is 19.8 Å². The largest absolute Gasteiger partial charge is 1.00 e. The number of carboxylic acids is 2. The van der Waals surface area contributed by atoms with E-state index in [-0.39, 0.29) is 71.1 Å². The normalized spacial score (nSPS) is 10.6. The van der Waals surface area contributed by atoms with Gasteiger partial charge in [-0.3, -0.25) is 0 Å². The molecule has 0 spiro atoms. The molecule has 6 heteroatoms. The summed E-state index contributed by atoms with van der Waals surface area (Å²) in [4.78, 5) is 23.2. The number of carbonyl (C=O) groups is 2. The minimum Gasteiger partial charge on any atom is -0.549 e. The fourth-order valence-corrected chi connectivity index (χ4v) is 3.27. The molecule has 0 heterocycles. The number of aliphatic carboxylic acids is 2. The molecule has 0 amide bonds. The average molecular weight is 392 g/mol. The minimum absolute atomic E-state index is 0. The van der Waals surface area contributed by atoms with Gasteiger partial charge in [0.1, 0.15) is 0 Å². The zero-order valence-corrected chi connectivity index (χ0v) is 21.3. The monoisotopic (exact) mass is 392 g/mol. The summed E-state index contributed by atoms with van der Waals surface area (Å²) in [7, 11) is 0. The summed E-state index contributed by atoms with van der Waals surface area (Å²) in [6.07, 6.45) is 11.0. The summed E-state index contributed by atoms with van der Waals surface area (Å²) in [5.74, 6) is -3.18. The van der Waals surface area contributed by atoms with Crippen molar-refractivity contribution in [1.29, 1.82) is 0 Å². The first-order valence-corrected chi connectivity index (χ1v) is 9.54. The fraction of sp³-hybridized carbons (Fsp3) is 0.619. The van der Waals surface area contributed by atoms with Gasteiger partial charge in [0.2, 0.25) is 0 Å². The SMILES string of the molecule is CCCCCCCCCCCCC(C(=O)[O-])(C(=O)[O-])c1ccccc1.[Na+].[Na+]. The first-order valence-electron chi connectivity index (χ1n) is 9.54. The van der Waals surface area contributed by atoms with Crippen molar-refractivity contribution in [1.82, 2.24) is 0 Å². The summed E-state index contributed by atoms with van der Waals surface area (Å²) in [6.45, 7) is 2.20. The van der Waals surface area contributed by atoms with Crippen LogP contribution in [0.15, 0.2) is 30.3 Å². The predicted molar refractivity (Wildman–Crippen MR) is 94.6 cm³/mol. The van der Waals surface area contributed by atoms with Crippen molar-refractivity contribution < 1.29 is 78.9 Å². The molecule has 1 rings (SSSR count). The first kappa shape index (κ1) is 29.4. The number of unbranched alkanes of at least 4 members (excludes halogenated alkanes) is 9. The van der Waals surface area contributed by atoms with Crippen LogP contribution >= 0.6 is 0 Å². The minimum atomic E-state index is -2.05. The maximum Gasteiger partial charge on any atom is 1.00 e. The number of hydrogen-bond donors (Lipinski definition) is 0. The quantitative estimate of drug-likeness (QED) is 0.189. The van der Waals surface area contributed by atoms with Crippen molar-refractivity contribution in [2.24, 2.45) is 0 Å². The molecule has 0 atom stereocenters. The predicted octanol–water partition coefficient (Wildman–Crippen LogP) is -3.26. The van der Waals surface area contributed by atoms with Gasteiger partial charge in [0.15, 0.2) is 0 Å². The maximum absolute atomic E-state index is 11.6. The van der Waals surface area contributed by atoms with Gasteiger partial charge in [-0.05, 0) is 12.0 Å². The smallest absolute Gasteiger partial charge is 0.549 e. The maximum atomic E-state index is 11.6. The van der Waals surface area contributed by atoms with Gasteiger partial charge in [0, 0.05) is 0 Å².